The molecule has 1 aliphatic rings. The van der Waals surface area contributed by atoms with Gasteiger partial charge in [0.25, 0.3) is 0 Å². The van der Waals surface area contributed by atoms with Crippen LogP contribution < -0.4 is 0 Å². The van der Waals surface area contributed by atoms with Crippen LogP contribution in [0.2, 0.25) is 5.15 Å². The zero-order valence-corrected chi connectivity index (χ0v) is 7.42. The molecular formula is C9H10ClNO. The van der Waals surface area contributed by atoms with E-state index in [-0.39, 0.29) is 6.10 Å². The fraction of sp³-hybridized carbons (Fsp3) is 0.444. The molecule has 0 spiro atoms. The van der Waals surface area contributed by atoms with Gasteiger partial charge in [0.2, 0.25) is 0 Å². The lowest BCUT2D eigenvalue weighted by Crippen LogP contribution is -1.95. The minimum atomic E-state index is 0.241. The molecule has 2 nitrogen and oxygen atoms in total. The van der Waals surface area contributed by atoms with Crippen molar-refractivity contribution in [3.8, 4) is 0 Å². The van der Waals surface area contributed by atoms with Crippen LogP contribution in [0.15, 0.2) is 18.3 Å². The molecule has 0 amide bonds. The maximum atomic E-state index is 5.76. The lowest BCUT2D eigenvalue weighted by Gasteiger charge is -2.08. The Balaban J connectivity index is 2.21. The molecule has 2 heterocycles. The van der Waals surface area contributed by atoms with Crippen molar-refractivity contribution < 1.29 is 4.74 Å². The zero-order valence-electron chi connectivity index (χ0n) is 6.66. The van der Waals surface area contributed by atoms with E-state index in [1.54, 1.807) is 6.20 Å². The Labute approximate surface area is 76.5 Å². The first-order valence-corrected chi connectivity index (χ1v) is 4.47. The molecule has 0 saturated carbocycles. The highest BCUT2D eigenvalue weighted by Gasteiger charge is 2.17. The minimum absolute atomic E-state index is 0.241. The summed E-state index contributed by atoms with van der Waals surface area (Å²) in [5.74, 6) is 0. The summed E-state index contributed by atoms with van der Waals surface area (Å²) in [6, 6.07) is 3.83. The second kappa shape index (κ2) is 3.42. The molecule has 64 valence electrons. The fourth-order valence-electron chi connectivity index (χ4n) is 1.46. The van der Waals surface area contributed by atoms with Crippen molar-refractivity contribution in [2.45, 2.75) is 18.9 Å². The topological polar surface area (TPSA) is 22.1 Å². The first-order valence-electron chi connectivity index (χ1n) is 4.09. The van der Waals surface area contributed by atoms with Gasteiger partial charge in [0, 0.05) is 12.8 Å². The predicted molar refractivity (Wildman–Crippen MR) is 47.2 cm³/mol. The highest BCUT2D eigenvalue weighted by atomic mass is 35.5. The molecule has 12 heavy (non-hydrogen) atoms. The molecule has 1 unspecified atom stereocenters. The van der Waals surface area contributed by atoms with Gasteiger partial charge in [-0.05, 0) is 30.5 Å². The number of nitrogens with zero attached hydrogens (tertiary/aromatic N) is 1. The van der Waals surface area contributed by atoms with Gasteiger partial charge >= 0.3 is 0 Å². The Hall–Kier alpha value is -0.600. The van der Waals surface area contributed by atoms with Crippen molar-refractivity contribution in [1.82, 2.24) is 4.98 Å². The van der Waals surface area contributed by atoms with Crippen LogP contribution in [0.4, 0.5) is 0 Å². The van der Waals surface area contributed by atoms with Crippen LogP contribution in [0.5, 0.6) is 0 Å². The molecule has 1 fully saturated rings. The van der Waals surface area contributed by atoms with E-state index in [1.807, 2.05) is 12.1 Å². The summed E-state index contributed by atoms with van der Waals surface area (Å²) in [7, 11) is 0. The maximum Gasteiger partial charge on any atom is 0.129 e. The van der Waals surface area contributed by atoms with Crippen LogP contribution in [-0.2, 0) is 4.74 Å². The monoisotopic (exact) mass is 183 g/mol. The number of pyridine rings is 1. The number of hydrogen-bond donors (Lipinski definition) is 0. The van der Waals surface area contributed by atoms with Gasteiger partial charge in [-0.3, -0.25) is 0 Å². The van der Waals surface area contributed by atoms with E-state index >= 15 is 0 Å². The van der Waals surface area contributed by atoms with Gasteiger partial charge in [-0.1, -0.05) is 11.6 Å². The Bertz CT molecular complexity index is 271. The molecule has 0 N–H and O–H groups in total. The van der Waals surface area contributed by atoms with Crippen LogP contribution in [0, 0.1) is 0 Å². The summed E-state index contributed by atoms with van der Waals surface area (Å²) in [6.45, 7) is 0.866. The van der Waals surface area contributed by atoms with Crippen LogP contribution >= 0.6 is 11.6 Å². The first kappa shape index (κ1) is 8.02. The van der Waals surface area contributed by atoms with Gasteiger partial charge in [0.05, 0.1) is 6.10 Å². The zero-order chi connectivity index (χ0) is 8.39. The van der Waals surface area contributed by atoms with Crippen molar-refractivity contribution in [3.05, 3.63) is 29.0 Å². The molecule has 0 bridgehead atoms. The van der Waals surface area contributed by atoms with Crippen molar-refractivity contribution in [2.24, 2.45) is 0 Å². The van der Waals surface area contributed by atoms with Crippen molar-refractivity contribution >= 4 is 11.6 Å². The van der Waals surface area contributed by atoms with Crippen LogP contribution in [-0.4, -0.2) is 11.6 Å². The van der Waals surface area contributed by atoms with E-state index in [2.05, 4.69) is 4.98 Å². The number of aromatic nitrogens is 1. The fourth-order valence-corrected chi connectivity index (χ4v) is 1.64. The predicted octanol–water partition coefficient (Wildman–Crippen LogP) is 2.59. The van der Waals surface area contributed by atoms with E-state index in [0.29, 0.717) is 5.15 Å². The standard InChI is InChI=1S/C9H10ClNO/c10-9-6-7(3-4-11-9)8-2-1-5-12-8/h3-4,6,8H,1-2,5H2. The Morgan fingerprint density at radius 1 is 1.58 bits per heavy atom. The van der Waals surface area contributed by atoms with Gasteiger partial charge in [-0.25, -0.2) is 4.98 Å². The van der Waals surface area contributed by atoms with Gasteiger partial charge in [0.1, 0.15) is 5.15 Å². The normalized spacial score (nSPS) is 22.9. The van der Waals surface area contributed by atoms with Gasteiger partial charge in [-0.15, -0.1) is 0 Å². The molecule has 3 heteroatoms. The summed E-state index contributed by atoms with van der Waals surface area (Å²) in [5.41, 5.74) is 1.15. The van der Waals surface area contributed by atoms with Crippen molar-refractivity contribution in [2.75, 3.05) is 6.61 Å². The van der Waals surface area contributed by atoms with E-state index < -0.39 is 0 Å². The summed E-state index contributed by atoms with van der Waals surface area (Å²) in [5, 5.41) is 0.544. The molecule has 0 aliphatic carbocycles. The maximum absolute atomic E-state index is 5.76. The molecule has 0 radical (unpaired) electrons. The third-order valence-corrected chi connectivity index (χ3v) is 2.26. The SMILES string of the molecule is Clc1cc(C2CCCO2)ccn1. The number of halogens is 1. The van der Waals surface area contributed by atoms with Gasteiger partial charge in [0.15, 0.2) is 0 Å². The van der Waals surface area contributed by atoms with E-state index in [9.17, 15) is 0 Å². The van der Waals surface area contributed by atoms with Crippen molar-refractivity contribution in [3.63, 3.8) is 0 Å². The van der Waals surface area contributed by atoms with Gasteiger partial charge in [-0.2, -0.15) is 0 Å². The van der Waals surface area contributed by atoms with E-state index in [0.717, 1.165) is 25.0 Å². The lowest BCUT2D eigenvalue weighted by atomic mass is 10.1. The smallest absolute Gasteiger partial charge is 0.129 e. The van der Waals surface area contributed by atoms with Crippen LogP contribution in [0.25, 0.3) is 0 Å². The number of hydrogen-bond acceptors (Lipinski definition) is 2. The summed E-state index contributed by atoms with van der Waals surface area (Å²) in [6.07, 6.45) is 4.20. The highest BCUT2D eigenvalue weighted by molar-refractivity contribution is 6.29. The average Bonchev–Trinajstić information content (AvgIpc) is 2.56. The van der Waals surface area contributed by atoms with Crippen molar-refractivity contribution in [1.29, 1.82) is 0 Å². The molecule has 1 saturated heterocycles. The number of ether oxygens (including phenoxy) is 1. The minimum Gasteiger partial charge on any atom is -0.374 e. The third-order valence-electron chi connectivity index (χ3n) is 2.05. The molecule has 1 aromatic rings. The largest absolute Gasteiger partial charge is 0.374 e. The quantitative estimate of drug-likeness (QED) is 0.625. The molecule has 2 rings (SSSR count). The summed E-state index contributed by atoms with van der Waals surface area (Å²) >= 11 is 5.76. The van der Waals surface area contributed by atoms with Crippen LogP contribution in [0.3, 0.4) is 0 Å². The summed E-state index contributed by atoms with van der Waals surface area (Å²) in [4.78, 5) is 3.92. The first-order chi connectivity index (χ1) is 5.86. The molecule has 1 aromatic heterocycles. The average molecular weight is 184 g/mol. The lowest BCUT2D eigenvalue weighted by molar-refractivity contribution is 0.112. The molecule has 1 atom stereocenters. The summed E-state index contributed by atoms with van der Waals surface area (Å²) < 4.78 is 5.51. The van der Waals surface area contributed by atoms with Crippen LogP contribution in [0.1, 0.15) is 24.5 Å². The molecular weight excluding hydrogens is 174 g/mol. The van der Waals surface area contributed by atoms with E-state index in [1.165, 1.54) is 0 Å². The Morgan fingerprint density at radius 3 is 3.17 bits per heavy atom. The number of rotatable bonds is 1. The molecule has 0 aromatic carbocycles. The Kier molecular flexibility index (Phi) is 2.28. The highest BCUT2D eigenvalue weighted by Crippen LogP contribution is 2.28. The second-order valence-corrected chi connectivity index (χ2v) is 3.30. The molecule has 1 aliphatic heterocycles. The van der Waals surface area contributed by atoms with E-state index in [4.69, 9.17) is 16.3 Å². The second-order valence-electron chi connectivity index (χ2n) is 2.91. The van der Waals surface area contributed by atoms with Gasteiger partial charge < -0.3 is 4.74 Å². The third kappa shape index (κ3) is 1.59. The Morgan fingerprint density at radius 2 is 2.50 bits per heavy atom.